The lowest BCUT2D eigenvalue weighted by molar-refractivity contribution is -0.145. The lowest BCUT2D eigenvalue weighted by Crippen LogP contribution is -2.56. The second-order valence-corrected chi connectivity index (χ2v) is 9.91. The molecule has 0 spiro atoms. The molecule has 0 radical (unpaired) electrons. The Morgan fingerprint density at radius 2 is 1.75 bits per heavy atom. The molecule has 0 aliphatic heterocycles. The van der Waals surface area contributed by atoms with Crippen LogP contribution in [-0.4, -0.2) is 52.7 Å². The minimum Gasteiger partial charge on any atom is -0.508 e. The van der Waals surface area contributed by atoms with Crippen LogP contribution < -0.4 is 15.4 Å². The molecule has 3 rings (SSSR count). The Balaban J connectivity index is 1.92. The number of anilines is 1. The van der Waals surface area contributed by atoms with Crippen molar-refractivity contribution in [2.75, 3.05) is 12.4 Å². The zero-order valence-corrected chi connectivity index (χ0v) is 21.4. The summed E-state index contributed by atoms with van der Waals surface area (Å²) in [5.74, 6) is -0.221. The van der Waals surface area contributed by atoms with Crippen LogP contribution in [0, 0.1) is 0 Å². The maximum atomic E-state index is 13.7. The standard InChI is InChI=1S/C27H35N3O6/c1-17(28-26(34)36-27(2,3)4)25(33)30(20-9-7-10-20)23(18-8-6-11-21(31)16-18)24(32)29-19-12-14-22(35-5)15-13-19/h6,8,11-17,20,23,31H,7,9-10H2,1-5H3,(H,28,34)(H,29,32). The molecule has 9 nitrogen and oxygen atoms in total. The Labute approximate surface area is 211 Å². The Hall–Kier alpha value is -3.75. The van der Waals surface area contributed by atoms with Crippen LogP contribution in [0.5, 0.6) is 11.5 Å². The van der Waals surface area contributed by atoms with E-state index < -0.39 is 35.6 Å². The van der Waals surface area contributed by atoms with E-state index in [0.717, 1.165) is 19.3 Å². The Kier molecular flexibility index (Phi) is 8.45. The highest BCUT2D eigenvalue weighted by Gasteiger charge is 2.41. The van der Waals surface area contributed by atoms with Gasteiger partial charge in [-0.15, -0.1) is 0 Å². The van der Waals surface area contributed by atoms with Crippen molar-refractivity contribution < 1.29 is 29.0 Å². The third-order valence-corrected chi connectivity index (χ3v) is 5.90. The molecule has 0 bridgehead atoms. The highest BCUT2D eigenvalue weighted by molar-refractivity contribution is 5.99. The summed E-state index contributed by atoms with van der Waals surface area (Å²) in [7, 11) is 1.56. The number of nitrogens with zero attached hydrogens (tertiary/aromatic N) is 1. The van der Waals surface area contributed by atoms with Gasteiger partial charge in [0.2, 0.25) is 5.91 Å². The number of carbonyl (C=O) groups excluding carboxylic acids is 3. The highest BCUT2D eigenvalue weighted by Crippen LogP contribution is 2.35. The van der Waals surface area contributed by atoms with E-state index in [2.05, 4.69) is 10.6 Å². The van der Waals surface area contributed by atoms with E-state index in [1.807, 2.05) is 0 Å². The van der Waals surface area contributed by atoms with Crippen LogP contribution >= 0.6 is 0 Å². The first-order valence-electron chi connectivity index (χ1n) is 12.0. The van der Waals surface area contributed by atoms with Crippen LogP contribution in [0.1, 0.15) is 58.6 Å². The van der Waals surface area contributed by atoms with Gasteiger partial charge in [0.15, 0.2) is 0 Å². The number of nitrogens with one attached hydrogen (secondary N) is 2. The third kappa shape index (κ3) is 6.90. The molecule has 36 heavy (non-hydrogen) atoms. The Bertz CT molecular complexity index is 1080. The largest absolute Gasteiger partial charge is 0.508 e. The number of amides is 3. The molecule has 2 aromatic rings. The fraction of sp³-hybridized carbons (Fsp3) is 0.444. The van der Waals surface area contributed by atoms with Crippen molar-refractivity contribution in [1.29, 1.82) is 0 Å². The number of alkyl carbamates (subject to hydrolysis) is 1. The number of rotatable bonds is 8. The maximum absolute atomic E-state index is 13.7. The van der Waals surface area contributed by atoms with Crippen LogP contribution in [0.4, 0.5) is 10.5 Å². The molecule has 0 heterocycles. The summed E-state index contributed by atoms with van der Waals surface area (Å²) in [6.07, 6.45) is 1.68. The van der Waals surface area contributed by atoms with Gasteiger partial charge in [-0.2, -0.15) is 0 Å². The van der Waals surface area contributed by atoms with Crippen LogP contribution in [0.3, 0.4) is 0 Å². The summed E-state index contributed by atoms with van der Waals surface area (Å²) in [6.45, 7) is 6.78. The molecule has 9 heteroatoms. The van der Waals surface area contributed by atoms with Crippen LogP contribution in [0.2, 0.25) is 0 Å². The number of phenols is 1. The van der Waals surface area contributed by atoms with Gasteiger partial charge >= 0.3 is 6.09 Å². The van der Waals surface area contributed by atoms with Gasteiger partial charge in [-0.1, -0.05) is 12.1 Å². The number of hydrogen-bond donors (Lipinski definition) is 3. The Morgan fingerprint density at radius 1 is 1.08 bits per heavy atom. The van der Waals surface area contributed by atoms with Gasteiger partial charge in [0.05, 0.1) is 7.11 Å². The molecule has 0 aromatic heterocycles. The smallest absolute Gasteiger partial charge is 0.408 e. The summed E-state index contributed by atoms with van der Waals surface area (Å²) < 4.78 is 10.5. The number of phenolic OH excluding ortho intramolecular Hbond substituents is 1. The fourth-order valence-electron chi connectivity index (χ4n) is 3.97. The molecule has 0 saturated heterocycles. The number of hydrogen-bond acceptors (Lipinski definition) is 6. The molecule has 3 N–H and O–H groups in total. The third-order valence-electron chi connectivity index (χ3n) is 5.90. The van der Waals surface area contributed by atoms with Crippen molar-refractivity contribution in [3.63, 3.8) is 0 Å². The molecule has 2 aromatic carbocycles. The normalized spacial score (nSPS) is 15.1. The molecule has 1 aliphatic rings. The maximum Gasteiger partial charge on any atom is 0.408 e. The van der Waals surface area contributed by atoms with E-state index in [4.69, 9.17) is 9.47 Å². The zero-order valence-electron chi connectivity index (χ0n) is 21.4. The quantitative estimate of drug-likeness (QED) is 0.498. The van der Waals surface area contributed by atoms with Gasteiger partial charge in [-0.25, -0.2) is 4.79 Å². The van der Waals surface area contributed by atoms with Gasteiger partial charge in [0, 0.05) is 11.7 Å². The second-order valence-electron chi connectivity index (χ2n) is 9.91. The number of methoxy groups -OCH3 is 1. The fourth-order valence-corrected chi connectivity index (χ4v) is 3.97. The summed E-state index contributed by atoms with van der Waals surface area (Å²) in [6, 6.07) is 11.0. The van der Waals surface area contributed by atoms with Gasteiger partial charge < -0.3 is 30.1 Å². The minimum atomic E-state index is -1.03. The molecule has 1 saturated carbocycles. The number of benzene rings is 2. The lowest BCUT2D eigenvalue weighted by atomic mass is 9.88. The highest BCUT2D eigenvalue weighted by atomic mass is 16.6. The molecule has 1 fully saturated rings. The predicted molar refractivity (Wildman–Crippen MR) is 136 cm³/mol. The lowest BCUT2D eigenvalue weighted by Gasteiger charge is -2.43. The van der Waals surface area contributed by atoms with Gasteiger partial charge in [0.25, 0.3) is 5.91 Å². The van der Waals surface area contributed by atoms with Crippen LogP contribution in [-0.2, 0) is 14.3 Å². The number of carbonyl (C=O) groups is 3. The predicted octanol–water partition coefficient (Wildman–Crippen LogP) is 4.37. The van der Waals surface area contributed by atoms with E-state index in [1.54, 1.807) is 71.2 Å². The van der Waals surface area contributed by atoms with Crippen molar-refractivity contribution in [3.8, 4) is 11.5 Å². The van der Waals surface area contributed by atoms with E-state index in [0.29, 0.717) is 17.0 Å². The SMILES string of the molecule is COc1ccc(NC(=O)C(c2cccc(O)c2)N(C(=O)C(C)NC(=O)OC(C)(C)C)C2CCC2)cc1. The molecule has 2 unspecified atom stereocenters. The summed E-state index contributed by atoms with van der Waals surface area (Å²) in [5, 5.41) is 15.6. The summed E-state index contributed by atoms with van der Waals surface area (Å²) in [4.78, 5) is 41.2. The van der Waals surface area contributed by atoms with Crippen molar-refractivity contribution in [3.05, 3.63) is 54.1 Å². The molecule has 194 valence electrons. The van der Waals surface area contributed by atoms with E-state index in [1.165, 1.54) is 17.0 Å². The van der Waals surface area contributed by atoms with Crippen molar-refractivity contribution in [1.82, 2.24) is 10.2 Å². The molecular weight excluding hydrogens is 462 g/mol. The van der Waals surface area contributed by atoms with E-state index in [9.17, 15) is 19.5 Å². The number of ether oxygens (including phenoxy) is 2. The molecular formula is C27H35N3O6. The van der Waals surface area contributed by atoms with Crippen molar-refractivity contribution >= 4 is 23.6 Å². The summed E-state index contributed by atoms with van der Waals surface area (Å²) in [5.41, 5.74) is 0.278. The van der Waals surface area contributed by atoms with Crippen LogP contribution in [0.15, 0.2) is 48.5 Å². The average molecular weight is 498 g/mol. The van der Waals surface area contributed by atoms with Gasteiger partial charge in [-0.3, -0.25) is 9.59 Å². The summed E-state index contributed by atoms with van der Waals surface area (Å²) >= 11 is 0. The van der Waals surface area contributed by atoms with E-state index in [-0.39, 0.29) is 11.8 Å². The Morgan fingerprint density at radius 3 is 2.28 bits per heavy atom. The van der Waals surface area contributed by atoms with Gasteiger partial charge in [-0.05, 0) is 88.9 Å². The molecule has 3 amide bonds. The first-order chi connectivity index (χ1) is 17.0. The minimum absolute atomic E-state index is 0.0179. The molecule has 1 aliphatic carbocycles. The monoisotopic (exact) mass is 497 g/mol. The van der Waals surface area contributed by atoms with Crippen molar-refractivity contribution in [2.45, 2.75) is 70.7 Å². The van der Waals surface area contributed by atoms with E-state index >= 15 is 0 Å². The van der Waals surface area contributed by atoms with Crippen molar-refractivity contribution in [2.24, 2.45) is 0 Å². The second kappa shape index (κ2) is 11.3. The average Bonchev–Trinajstić information content (AvgIpc) is 2.76. The first-order valence-corrected chi connectivity index (χ1v) is 12.0. The zero-order chi connectivity index (χ0) is 26.5. The van der Waals surface area contributed by atoms with Crippen LogP contribution in [0.25, 0.3) is 0 Å². The molecule has 2 atom stereocenters. The first kappa shape index (κ1) is 26.8. The van der Waals surface area contributed by atoms with Gasteiger partial charge in [0.1, 0.15) is 29.2 Å². The topological polar surface area (TPSA) is 117 Å². The number of aromatic hydroxyl groups is 1.